The Bertz CT molecular complexity index is 572. The maximum Gasteiger partial charge on any atom is 0.309 e. The van der Waals surface area contributed by atoms with E-state index in [1.54, 1.807) is 4.90 Å². The fourth-order valence-corrected chi connectivity index (χ4v) is 3.85. The van der Waals surface area contributed by atoms with Crippen LogP contribution >= 0.6 is 0 Å². The van der Waals surface area contributed by atoms with Crippen LogP contribution < -0.4 is 0 Å². The van der Waals surface area contributed by atoms with E-state index in [4.69, 9.17) is 0 Å². The average Bonchev–Trinajstić information content (AvgIpc) is 2.83. The largest absolute Gasteiger partial charge is 0.481 e. The maximum absolute atomic E-state index is 13.0. The van der Waals surface area contributed by atoms with Crippen molar-refractivity contribution in [3.63, 3.8) is 0 Å². The van der Waals surface area contributed by atoms with Gasteiger partial charge in [-0.3, -0.25) is 9.59 Å². The van der Waals surface area contributed by atoms with Crippen molar-refractivity contribution in [2.75, 3.05) is 19.7 Å². The van der Waals surface area contributed by atoms with Crippen molar-refractivity contribution in [1.29, 1.82) is 0 Å². The molecule has 2 atom stereocenters. The standard InChI is InChI=1S/C19H27NO4/c1-14(2)12-19(16(13-21)17(22)23)9-11-20(18(19)24)10-8-15-6-4-3-5-7-15/h3-7,14,16,21H,8-13H2,1-2H3,(H,22,23). The summed E-state index contributed by atoms with van der Waals surface area (Å²) in [4.78, 5) is 26.4. The fourth-order valence-electron chi connectivity index (χ4n) is 3.85. The van der Waals surface area contributed by atoms with Gasteiger partial charge in [-0.1, -0.05) is 44.2 Å². The number of hydrogen-bond donors (Lipinski definition) is 2. The molecule has 2 N–H and O–H groups in total. The molecule has 1 aliphatic heterocycles. The predicted octanol–water partition coefficient (Wildman–Crippen LogP) is 2.19. The van der Waals surface area contributed by atoms with E-state index < -0.39 is 23.9 Å². The van der Waals surface area contributed by atoms with Gasteiger partial charge in [-0.25, -0.2) is 0 Å². The molecule has 0 bridgehead atoms. The molecular weight excluding hydrogens is 306 g/mol. The summed E-state index contributed by atoms with van der Waals surface area (Å²) < 4.78 is 0. The molecule has 2 rings (SSSR count). The summed E-state index contributed by atoms with van der Waals surface area (Å²) in [7, 11) is 0. The zero-order valence-electron chi connectivity index (χ0n) is 14.4. The normalized spacial score (nSPS) is 22.2. The Morgan fingerprint density at radius 3 is 2.50 bits per heavy atom. The van der Waals surface area contributed by atoms with Crippen molar-refractivity contribution in [1.82, 2.24) is 4.90 Å². The Kier molecular flexibility index (Phi) is 5.99. The second-order valence-electron chi connectivity index (χ2n) is 7.11. The van der Waals surface area contributed by atoms with E-state index in [2.05, 4.69) is 0 Å². The van der Waals surface area contributed by atoms with Crippen LogP contribution in [0.1, 0.15) is 32.3 Å². The van der Waals surface area contributed by atoms with Gasteiger partial charge in [0.2, 0.25) is 5.91 Å². The monoisotopic (exact) mass is 333 g/mol. The molecule has 1 amide bonds. The number of rotatable bonds is 8. The average molecular weight is 333 g/mol. The van der Waals surface area contributed by atoms with Crippen LogP contribution in [0.5, 0.6) is 0 Å². The number of aliphatic hydroxyl groups excluding tert-OH is 1. The number of aliphatic carboxylic acids is 1. The van der Waals surface area contributed by atoms with Crippen LogP contribution in [0.2, 0.25) is 0 Å². The number of benzene rings is 1. The fraction of sp³-hybridized carbons (Fsp3) is 0.579. The van der Waals surface area contributed by atoms with Gasteiger partial charge in [-0.05, 0) is 30.7 Å². The third-order valence-corrected chi connectivity index (χ3v) is 4.97. The number of carboxylic acids is 1. The lowest BCUT2D eigenvalue weighted by atomic mass is 9.69. The number of hydrogen-bond acceptors (Lipinski definition) is 3. The van der Waals surface area contributed by atoms with E-state index in [1.807, 2.05) is 44.2 Å². The summed E-state index contributed by atoms with van der Waals surface area (Å²) in [5, 5.41) is 19.1. The van der Waals surface area contributed by atoms with E-state index in [1.165, 1.54) is 0 Å². The van der Waals surface area contributed by atoms with Crippen molar-refractivity contribution >= 4 is 11.9 Å². The van der Waals surface area contributed by atoms with Crippen LogP contribution in [-0.2, 0) is 16.0 Å². The Hall–Kier alpha value is -1.88. The summed E-state index contributed by atoms with van der Waals surface area (Å²) in [6.45, 7) is 4.61. The smallest absolute Gasteiger partial charge is 0.309 e. The Labute approximate surface area is 143 Å². The third kappa shape index (κ3) is 3.78. The Morgan fingerprint density at radius 2 is 1.96 bits per heavy atom. The van der Waals surface area contributed by atoms with Crippen molar-refractivity contribution < 1.29 is 19.8 Å². The highest BCUT2D eigenvalue weighted by Gasteiger charge is 2.54. The molecule has 2 unspecified atom stereocenters. The van der Waals surface area contributed by atoms with Crippen molar-refractivity contribution in [3.05, 3.63) is 35.9 Å². The van der Waals surface area contributed by atoms with Gasteiger partial charge in [0, 0.05) is 13.1 Å². The van der Waals surface area contributed by atoms with Gasteiger partial charge in [-0.2, -0.15) is 0 Å². The second kappa shape index (κ2) is 7.79. The van der Waals surface area contributed by atoms with Crippen molar-refractivity contribution in [2.24, 2.45) is 17.3 Å². The lowest BCUT2D eigenvalue weighted by Gasteiger charge is -2.34. The number of nitrogens with zero attached hydrogens (tertiary/aromatic N) is 1. The third-order valence-electron chi connectivity index (χ3n) is 4.97. The van der Waals surface area contributed by atoms with Crippen LogP contribution in [0.25, 0.3) is 0 Å². The number of carboxylic acid groups (broad SMARTS) is 1. The summed E-state index contributed by atoms with van der Waals surface area (Å²) in [5.41, 5.74) is 0.175. The van der Waals surface area contributed by atoms with Crippen LogP contribution in [0.3, 0.4) is 0 Å². The molecule has 5 nitrogen and oxygen atoms in total. The van der Waals surface area contributed by atoms with Gasteiger partial charge in [0.1, 0.15) is 0 Å². The molecule has 5 heteroatoms. The van der Waals surface area contributed by atoms with Crippen molar-refractivity contribution in [2.45, 2.75) is 33.1 Å². The van der Waals surface area contributed by atoms with E-state index in [-0.39, 0.29) is 11.8 Å². The number of likely N-dealkylation sites (tertiary alicyclic amines) is 1. The number of carbonyl (C=O) groups is 2. The minimum atomic E-state index is -1.09. The van der Waals surface area contributed by atoms with Crippen LogP contribution in [0.4, 0.5) is 0 Å². The zero-order valence-corrected chi connectivity index (χ0v) is 14.4. The minimum absolute atomic E-state index is 0.117. The number of amides is 1. The molecule has 1 aromatic rings. The molecular formula is C19H27NO4. The first-order valence-electron chi connectivity index (χ1n) is 8.57. The topological polar surface area (TPSA) is 77.8 Å². The number of carbonyl (C=O) groups excluding carboxylic acids is 1. The molecule has 1 heterocycles. The highest BCUT2D eigenvalue weighted by Crippen LogP contribution is 2.44. The van der Waals surface area contributed by atoms with Crippen LogP contribution in [0.15, 0.2) is 30.3 Å². The Balaban J connectivity index is 2.15. The van der Waals surface area contributed by atoms with Gasteiger partial charge in [0.15, 0.2) is 0 Å². The maximum atomic E-state index is 13.0. The Morgan fingerprint density at radius 1 is 1.29 bits per heavy atom. The van der Waals surface area contributed by atoms with Gasteiger partial charge >= 0.3 is 5.97 Å². The lowest BCUT2D eigenvalue weighted by molar-refractivity contribution is -0.157. The molecule has 24 heavy (non-hydrogen) atoms. The molecule has 0 radical (unpaired) electrons. The number of aliphatic hydroxyl groups is 1. The summed E-state index contributed by atoms with van der Waals surface area (Å²) >= 11 is 0. The van der Waals surface area contributed by atoms with E-state index in [0.29, 0.717) is 25.9 Å². The molecule has 132 valence electrons. The lowest BCUT2D eigenvalue weighted by Crippen LogP contribution is -2.46. The summed E-state index contributed by atoms with van der Waals surface area (Å²) in [6, 6.07) is 9.94. The quantitative estimate of drug-likeness (QED) is 0.764. The molecule has 0 aliphatic carbocycles. The first kappa shape index (κ1) is 18.5. The molecule has 0 saturated carbocycles. The molecule has 0 spiro atoms. The first-order chi connectivity index (χ1) is 11.4. The second-order valence-corrected chi connectivity index (χ2v) is 7.11. The highest BCUT2D eigenvalue weighted by molar-refractivity contribution is 5.90. The van der Waals surface area contributed by atoms with Crippen molar-refractivity contribution in [3.8, 4) is 0 Å². The molecule has 1 aliphatic rings. The molecule has 1 saturated heterocycles. The molecule has 0 aromatic heterocycles. The van der Waals surface area contributed by atoms with E-state index >= 15 is 0 Å². The van der Waals surface area contributed by atoms with Gasteiger partial charge in [-0.15, -0.1) is 0 Å². The SMILES string of the molecule is CC(C)CC1(C(CO)C(=O)O)CCN(CCc2ccccc2)C1=O. The van der Waals surface area contributed by atoms with Gasteiger partial charge < -0.3 is 15.1 Å². The molecule has 1 fully saturated rings. The highest BCUT2D eigenvalue weighted by atomic mass is 16.4. The summed E-state index contributed by atoms with van der Waals surface area (Å²) in [6.07, 6.45) is 1.74. The zero-order chi connectivity index (χ0) is 17.7. The predicted molar refractivity (Wildman–Crippen MR) is 91.4 cm³/mol. The van der Waals surface area contributed by atoms with E-state index in [0.717, 1.165) is 12.0 Å². The first-order valence-corrected chi connectivity index (χ1v) is 8.57. The molecule has 1 aromatic carbocycles. The minimum Gasteiger partial charge on any atom is -0.481 e. The van der Waals surface area contributed by atoms with Gasteiger partial charge in [0.05, 0.1) is 17.9 Å². The van der Waals surface area contributed by atoms with Crippen LogP contribution in [-0.4, -0.2) is 46.7 Å². The van der Waals surface area contributed by atoms with Gasteiger partial charge in [0.25, 0.3) is 0 Å². The summed E-state index contributed by atoms with van der Waals surface area (Å²) in [5.74, 6) is -2.05. The van der Waals surface area contributed by atoms with E-state index in [9.17, 15) is 19.8 Å². The van der Waals surface area contributed by atoms with Crippen LogP contribution in [0, 0.1) is 17.3 Å².